The van der Waals surface area contributed by atoms with Gasteiger partial charge in [-0.25, -0.2) is 0 Å². The summed E-state index contributed by atoms with van der Waals surface area (Å²) in [5.41, 5.74) is -1.71. The monoisotopic (exact) mass is 286 g/mol. The van der Waals surface area contributed by atoms with E-state index in [1.54, 1.807) is 0 Å². The van der Waals surface area contributed by atoms with Gasteiger partial charge in [0.1, 0.15) is 5.78 Å². The Morgan fingerprint density at radius 3 is 1.10 bits per heavy atom. The number of rotatable bonds is 6. The molecule has 2 unspecified atom stereocenters. The molecule has 0 aliphatic carbocycles. The highest BCUT2D eigenvalue weighted by molar-refractivity contribution is 5.90. The van der Waals surface area contributed by atoms with E-state index < -0.39 is 10.8 Å². The van der Waals surface area contributed by atoms with E-state index in [2.05, 4.69) is 41.5 Å². The van der Waals surface area contributed by atoms with E-state index in [0.717, 1.165) is 0 Å². The maximum Gasteiger partial charge on any atom is 0.149 e. The molecule has 2 atom stereocenters. The number of aliphatic hydroxyl groups is 2. The topological polar surface area (TPSA) is 57.5 Å². The zero-order chi connectivity index (χ0) is 16.4. The molecule has 0 aromatic carbocycles. The van der Waals surface area contributed by atoms with Gasteiger partial charge in [0, 0.05) is 0 Å². The third-order valence-corrected chi connectivity index (χ3v) is 3.64. The van der Waals surface area contributed by atoms with Crippen LogP contribution in [0.5, 0.6) is 0 Å². The van der Waals surface area contributed by atoms with Gasteiger partial charge in [0.15, 0.2) is 0 Å². The zero-order valence-electron chi connectivity index (χ0n) is 14.6. The van der Waals surface area contributed by atoms with Crippen LogP contribution >= 0.6 is 0 Å². The summed E-state index contributed by atoms with van der Waals surface area (Å²) in [6.45, 7) is 15.7. The molecule has 20 heavy (non-hydrogen) atoms. The molecule has 0 aliphatic rings. The molecular formula is C17H34O3. The van der Waals surface area contributed by atoms with Crippen molar-refractivity contribution >= 4 is 5.78 Å². The van der Waals surface area contributed by atoms with Crippen LogP contribution in [0.4, 0.5) is 0 Å². The van der Waals surface area contributed by atoms with Crippen LogP contribution in [-0.4, -0.2) is 29.2 Å². The Balaban J connectivity index is 5.43. The van der Waals surface area contributed by atoms with Gasteiger partial charge in [-0.05, 0) is 23.7 Å². The van der Waals surface area contributed by atoms with Gasteiger partial charge < -0.3 is 10.2 Å². The van der Waals surface area contributed by atoms with E-state index in [9.17, 15) is 15.0 Å². The standard InChI is InChI=1S/C17H34O3/c1-14(2,3)9-16(7,11-18)13(20)17(8,12-19)10-15(4,5)6/h18-19H,9-12H2,1-8H3. The molecule has 0 saturated carbocycles. The Labute approximate surface area is 124 Å². The van der Waals surface area contributed by atoms with Crippen molar-refractivity contribution in [2.24, 2.45) is 21.7 Å². The van der Waals surface area contributed by atoms with Gasteiger partial charge in [0.2, 0.25) is 0 Å². The Bertz CT molecular complexity index is 303. The van der Waals surface area contributed by atoms with Crippen molar-refractivity contribution in [3.63, 3.8) is 0 Å². The third kappa shape index (κ3) is 5.53. The largest absolute Gasteiger partial charge is 0.395 e. The summed E-state index contributed by atoms with van der Waals surface area (Å²) in [6.07, 6.45) is 1.21. The molecule has 0 aliphatic heterocycles. The second-order valence-corrected chi connectivity index (χ2v) is 9.24. The lowest BCUT2D eigenvalue weighted by atomic mass is 9.62. The molecule has 0 amide bonds. The maximum absolute atomic E-state index is 13.0. The van der Waals surface area contributed by atoms with Crippen molar-refractivity contribution in [1.82, 2.24) is 0 Å². The quantitative estimate of drug-likeness (QED) is 0.786. The Kier molecular flexibility index (Phi) is 6.02. The van der Waals surface area contributed by atoms with E-state index in [4.69, 9.17) is 0 Å². The van der Waals surface area contributed by atoms with Gasteiger partial charge in [-0.2, -0.15) is 0 Å². The SMILES string of the molecule is CC(C)(C)CC(C)(CO)C(=O)C(C)(CO)CC(C)(C)C. The van der Waals surface area contributed by atoms with Gasteiger partial charge in [-0.15, -0.1) is 0 Å². The summed E-state index contributed by atoms with van der Waals surface area (Å²) in [7, 11) is 0. The smallest absolute Gasteiger partial charge is 0.149 e. The predicted octanol–water partition coefficient (Wildman–Crippen LogP) is 3.43. The number of hydrogen-bond donors (Lipinski definition) is 2. The summed E-state index contributed by atoms with van der Waals surface area (Å²) in [5.74, 6) is -0.0279. The van der Waals surface area contributed by atoms with E-state index in [-0.39, 0.29) is 29.8 Å². The number of ketones is 1. The van der Waals surface area contributed by atoms with Gasteiger partial charge >= 0.3 is 0 Å². The second kappa shape index (κ2) is 6.15. The van der Waals surface area contributed by atoms with Gasteiger partial charge in [-0.3, -0.25) is 4.79 Å². The molecule has 2 N–H and O–H groups in total. The number of hydrogen-bond acceptors (Lipinski definition) is 3. The first-order chi connectivity index (χ1) is 8.69. The molecule has 0 fully saturated rings. The molecule has 0 aromatic rings. The van der Waals surface area contributed by atoms with Crippen molar-refractivity contribution in [2.45, 2.75) is 68.2 Å². The Morgan fingerprint density at radius 1 is 0.700 bits per heavy atom. The molecular weight excluding hydrogens is 252 g/mol. The van der Waals surface area contributed by atoms with Crippen molar-refractivity contribution in [2.75, 3.05) is 13.2 Å². The molecule has 0 aromatic heterocycles. The van der Waals surface area contributed by atoms with Gasteiger partial charge in [0.05, 0.1) is 24.0 Å². The minimum atomic E-state index is -0.805. The van der Waals surface area contributed by atoms with Crippen LogP contribution in [0.15, 0.2) is 0 Å². The van der Waals surface area contributed by atoms with E-state index in [1.165, 1.54) is 0 Å². The fourth-order valence-electron chi connectivity index (χ4n) is 3.49. The van der Waals surface area contributed by atoms with E-state index >= 15 is 0 Å². The van der Waals surface area contributed by atoms with Crippen LogP contribution in [-0.2, 0) is 4.79 Å². The first kappa shape index (κ1) is 19.6. The van der Waals surface area contributed by atoms with E-state index in [0.29, 0.717) is 12.8 Å². The Hall–Kier alpha value is -0.410. The fourth-order valence-corrected chi connectivity index (χ4v) is 3.49. The van der Waals surface area contributed by atoms with E-state index in [1.807, 2.05) is 13.8 Å². The lowest BCUT2D eigenvalue weighted by Gasteiger charge is -2.41. The Morgan fingerprint density at radius 2 is 0.950 bits per heavy atom. The van der Waals surface area contributed by atoms with Crippen LogP contribution in [0.1, 0.15) is 68.2 Å². The third-order valence-electron chi connectivity index (χ3n) is 3.64. The summed E-state index contributed by atoms with van der Waals surface area (Å²) in [5, 5.41) is 19.5. The number of carbonyl (C=O) groups is 1. The molecule has 3 nitrogen and oxygen atoms in total. The van der Waals surface area contributed by atoms with Crippen molar-refractivity contribution in [3.05, 3.63) is 0 Å². The summed E-state index contributed by atoms with van der Waals surface area (Å²) in [4.78, 5) is 13.0. The predicted molar refractivity (Wildman–Crippen MR) is 83.5 cm³/mol. The highest BCUT2D eigenvalue weighted by Crippen LogP contribution is 2.43. The van der Waals surface area contributed by atoms with Crippen molar-refractivity contribution < 1.29 is 15.0 Å². The van der Waals surface area contributed by atoms with Crippen LogP contribution in [0.3, 0.4) is 0 Å². The number of carbonyl (C=O) groups excluding carboxylic acids is 1. The van der Waals surface area contributed by atoms with Gasteiger partial charge in [-0.1, -0.05) is 55.4 Å². The lowest BCUT2D eigenvalue weighted by Crippen LogP contribution is -2.47. The minimum Gasteiger partial charge on any atom is -0.395 e. The first-order valence-corrected chi connectivity index (χ1v) is 7.46. The first-order valence-electron chi connectivity index (χ1n) is 7.46. The zero-order valence-corrected chi connectivity index (χ0v) is 14.6. The molecule has 0 radical (unpaired) electrons. The average Bonchev–Trinajstić information content (AvgIpc) is 2.23. The molecule has 0 heterocycles. The lowest BCUT2D eigenvalue weighted by molar-refractivity contribution is -0.146. The second-order valence-electron chi connectivity index (χ2n) is 9.24. The van der Waals surface area contributed by atoms with Crippen LogP contribution < -0.4 is 0 Å². The van der Waals surface area contributed by atoms with Crippen molar-refractivity contribution in [1.29, 1.82) is 0 Å². The molecule has 0 bridgehead atoms. The molecule has 0 saturated heterocycles. The fraction of sp³-hybridized carbons (Fsp3) is 0.941. The normalized spacial score (nSPS) is 19.3. The summed E-state index contributed by atoms with van der Waals surface area (Å²) < 4.78 is 0. The van der Waals surface area contributed by atoms with Crippen LogP contribution in [0.2, 0.25) is 0 Å². The highest BCUT2D eigenvalue weighted by Gasteiger charge is 2.47. The molecule has 3 heteroatoms. The number of aliphatic hydroxyl groups excluding tert-OH is 2. The number of Topliss-reactive ketones (excluding diaryl/α,β-unsaturated/α-hetero) is 1. The van der Waals surface area contributed by atoms with Crippen molar-refractivity contribution in [3.8, 4) is 0 Å². The van der Waals surface area contributed by atoms with Gasteiger partial charge in [0.25, 0.3) is 0 Å². The summed E-state index contributed by atoms with van der Waals surface area (Å²) in [6, 6.07) is 0. The maximum atomic E-state index is 13.0. The highest BCUT2D eigenvalue weighted by atomic mass is 16.3. The molecule has 120 valence electrons. The minimum absolute atomic E-state index is 0.0279. The molecule has 0 spiro atoms. The van der Waals surface area contributed by atoms with Crippen LogP contribution in [0, 0.1) is 21.7 Å². The van der Waals surface area contributed by atoms with Crippen LogP contribution in [0.25, 0.3) is 0 Å². The summed E-state index contributed by atoms with van der Waals surface area (Å²) >= 11 is 0. The average molecular weight is 286 g/mol. The molecule has 0 rings (SSSR count).